The molecule has 0 spiro atoms. The summed E-state index contributed by atoms with van der Waals surface area (Å²) in [5.74, 6) is 0. The fourth-order valence-electron chi connectivity index (χ4n) is 1.46. The molecule has 1 unspecified atom stereocenters. The van der Waals surface area contributed by atoms with E-state index in [9.17, 15) is 0 Å². The maximum atomic E-state index is 5.71. The van der Waals surface area contributed by atoms with Gasteiger partial charge >= 0.3 is 0 Å². The van der Waals surface area contributed by atoms with Gasteiger partial charge in [0.2, 0.25) is 0 Å². The molecule has 74 valence electrons. The van der Waals surface area contributed by atoms with Crippen molar-refractivity contribution in [2.24, 2.45) is 5.73 Å². The van der Waals surface area contributed by atoms with Crippen molar-refractivity contribution >= 4 is 11.3 Å². The summed E-state index contributed by atoms with van der Waals surface area (Å²) in [5.41, 5.74) is 6.61. The van der Waals surface area contributed by atoms with Gasteiger partial charge in [0.25, 0.3) is 0 Å². The largest absolute Gasteiger partial charge is 0.372 e. The van der Waals surface area contributed by atoms with E-state index in [1.165, 1.54) is 15.3 Å². The van der Waals surface area contributed by atoms with Crippen molar-refractivity contribution in [3.05, 3.63) is 21.4 Å². The predicted octanol–water partition coefficient (Wildman–Crippen LogP) is 2.19. The first kappa shape index (κ1) is 10.7. The minimum atomic E-state index is -0.325. The fraction of sp³-hybridized carbons (Fsp3) is 0.600. The van der Waals surface area contributed by atoms with Crippen LogP contribution in [0.5, 0.6) is 0 Å². The first-order chi connectivity index (χ1) is 6.03. The van der Waals surface area contributed by atoms with Crippen molar-refractivity contribution in [1.82, 2.24) is 0 Å². The Kier molecular flexibility index (Phi) is 3.11. The van der Waals surface area contributed by atoms with Gasteiger partial charge in [0.1, 0.15) is 5.60 Å². The Morgan fingerprint density at radius 3 is 2.46 bits per heavy atom. The zero-order valence-electron chi connectivity index (χ0n) is 8.68. The number of nitrogens with two attached hydrogens (primary N) is 1. The van der Waals surface area contributed by atoms with Gasteiger partial charge in [-0.2, -0.15) is 0 Å². The summed E-state index contributed by atoms with van der Waals surface area (Å²) in [6.07, 6.45) is 0. The monoisotopic (exact) mass is 199 g/mol. The second-order valence-corrected chi connectivity index (χ2v) is 4.93. The molecule has 2 nitrogen and oxygen atoms in total. The topological polar surface area (TPSA) is 35.2 Å². The molecule has 0 aromatic carbocycles. The Morgan fingerprint density at radius 1 is 1.54 bits per heavy atom. The Morgan fingerprint density at radius 2 is 2.15 bits per heavy atom. The van der Waals surface area contributed by atoms with Crippen LogP contribution in [-0.2, 0) is 10.3 Å². The van der Waals surface area contributed by atoms with E-state index in [1.807, 2.05) is 6.92 Å². The van der Waals surface area contributed by atoms with E-state index in [1.54, 1.807) is 18.4 Å². The van der Waals surface area contributed by atoms with E-state index in [0.29, 0.717) is 6.54 Å². The molecule has 3 heteroatoms. The highest BCUT2D eigenvalue weighted by atomic mass is 32.1. The lowest BCUT2D eigenvalue weighted by atomic mass is 9.96. The van der Waals surface area contributed by atoms with Crippen LogP contribution in [0.25, 0.3) is 0 Å². The Hall–Kier alpha value is -0.380. The standard InChI is InChI=1S/C10H17NOS/c1-7-5-9(8(2)13-7)10(3,6-11)12-4/h5H,6,11H2,1-4H3. The van der Waals surface area contributed by atoms with Crippen LogP contribution in [0.15, 0.2) is 6.07 Å². The van der Waals surface area contributed by atoms with Gasteiger partial charge in [-0.05, 0) is 32.4 Å². The molecule has 0 radical (unpaired) electrons. The van der Waals surface area contributed by atoms with Gasteiger partial charge in [-0.1, -0.05) is 0 Å². The normalized spacial score (nSPS) is 15.8. The summed E-state index contributed by atoms with van der Waals surface area (Å²) < 4.78 is 5.45. The van der Waals surface area contributed by atoms with Crippen LogP contribution < -0.4 is 5.73 Å². The molecule has 0 bridgehead atoms. The van der Waals surface area contributed by atoms with Crippen molar-refractivity contribution in [2.75, 3.05) is 13.7 Å². The highest BCUT2D eigenvalue weighted by molar-refractivity contribution is 7.12. The van der Waals surface area contributed by atoms with E-state index in [4.69, 9.17) is 10.5 Å². The summed E-state index contributed by atoms with van der Waals surface area (Å²) in [6.45, 7) is 6.76. The maximum absolute atomic E-state index is 5.71. The number of thiophene rings is 1. The molecule has 0 aliphatic heterocycles. The highest BCUT2D eigenvalue weighted by Gasteiger charge is 2.27. The maximum Gasteiger partial charge on any atom is 0.103 e. The number of methoxy groups -OCH3 is 1. The molecule has 1 heterocycles. The molecule has 0 saturated carbocycles. The molecular formula is C10H17NOS. The molecule has 0 fully saturated rings. The van der Waals surface area contributed by atoms with Crippen LogP contribution in [0.1, 0.15) is 22.2 Å². The van der Waals surface area contributed by atoms with Crippen LogP contribution in [0.2, 0.25) is 0 Å². The minimum absolute atomic E-state index is 0.325. The quantitative estimate of drug-likeness (QED) is 0.810. The zero-order chi connectivity index (χ0) is 10.1. The smallest absolute Gasteiger partial charge is 0.103 e. The summed E-state index contributed by atoms with van der Waals surface area (Å²) in [4.78, 5) is 2.61. The van der Waals surface area contributed by atoms with Crippen molar-refractivity contribution in [3.8, 4) is 0 Å². The van der Waals surface area contributed by atoms with E-state index in [0.717, 1.165) is 0 Å². The third-order valence-electron chi connectivity index (χ3n) is 2.45. The van der Waals surface area contributed by atoms with Crippen LogP contribution in [-0.4, -0.2) is 13.7 Å². The first-order valence-electron chi connectivity index (χ1n) is 4.36. The predicted molar refractivity (Wildman–Crippen MR) is 57.2 cm³/mol. The number of hydrogen-bond acceptors (Lipinski definition) is 3. The van der Waals surface area contributed by atoms with Crippen molar-refractivity contribution < 1.29 is 4.74 Å². The molecule has 1 aromatic heterocycles. The molecule has 0 aliphatic rings. The molecule has 0 aliphatic carbocycles. The zero-order valence-corrected chi connectivity index (χ0v) is 9.49. The lowest BCUT2D eigenvalue weighted by molar-refractivity contribution is 0.00995. The number of hydrogen-bond donors (Lipinski definition) is 1. The molecule has 1 aromatic rings. The lowest BCUT2D eigenvalue weighted by Gasteiger charge is -2.26. The Bertz CT molecular complexity index is 289. The molecule has 1 atom stereocenters. The van der Waals surface area contributed by atoms with Gasteiger partial charge in [0.05, 0.1) is 0 Å². The van der Waals surface area contributed by atoms with E-state index in [2.05, 4.69) is 19.9 Å². The average Bonchev–Trinajstić information content (AvgIpc) is 2.44. The lowest BCUT2D eigenvalue weighted by Crippen LogP contribution is -2.33. The second-order valence-electron chi connectivity index (χ2n) is 3.47. The average molecular weight is 199 g/mol. The van der Waals surface area contributed by atoms with Gasteiger partial charge < -0.3 is 10.5 Å². The van der Waals surface area contributed by atoms with Crippen molar-refractivity contribution in [1.29, 1.82) is 0 Å². The minimum Gasteiger partial charge on any atom is -0.372 e. The summed E-state index contributed by atoms with van der Waals surface area (Å²) in [5, 5.41) is 0. The SMILES string of the molecule is COC(C)(CN)c1cc(C)sc1C. The highest BCUT2D eigenvalue weighted by Crippen LogP contribution is 2.31. The van der Waals surface area contributed by atoms with Gasteiger partial charge in [0, 0.05) is 23.4 Å². The number of ether oxygens (including phenoxy) is 1. The number of rotatable bonds is 3. The molecule has 0 amide bonds. The van der Waals surface area contributed by atoms with Crippen molar-refractivity contribution in [3.63, 3.8) is 0 Å². The third kappa shape index (κ3) is 1.93. The van der Waals surface area contributed by atoms with Crippen LogP contribution in [0, 0.1) is 13.8 Å². The molecule has 2 N–H and O–H groups in total. The van der Waals surface area contributed by atoms with E-state index < -0.39 is 0 Å². The second kappa shape index (κ2) is 3.78. The first-order valence-corrected chi connectivity index (χ1v) is 5.18. The molecule has 13 heavy (non-hydrogen) atoms. The summed E-state index contributed by atoms with van der Waals surface area (Å²) in [7, 11) is 1.71. The summed E-state index contributed by atoms with van der Waals surface area (Å²) in [6, 6.07) is 2.16. The Balaban J connectivity index is 3.11. The van der Waals surface area contributed by atoms with Crippen LogP contribution >= 0.6 is 11.3 Å². The van der Waals surface area contributed by atoms with Crippen LogP contribution in [0.3, 0.4) is 0 Å². The summed E-state index contributed by atoms with van der Waals surface area (Å²) >= 11 is 1.79. The number of aryl methyl sites for hydroxylation is 2. The van der Waals surface area contributed by atoms with Gasteiger partial charge in [-0.15, -0.1) is 11.3 Å². The third-order valence-corrected chi connectivity index (χ3v) is 3.42. The van der Waals surface area contributed by atoms with E-state index >= 15 is 0 Å². The van der Waals surface area contributed by atoms with Crippen molar-refractivity contribution in [2.45, 2.75) is 26.4 Å². The van der Waals surface area contributed by atoms with E-state index in [-0.39, 0.29) is 5.60 Å². The molecule has 0 saturated heterocycles. The fourth-order valence-corrected chi connectivity index (χ4v) is 2.50. The van der Waals surface area contributed by atoms with Gasteiger partial charge in [-0.3, -0.25) is 0 Å². The Labute approximate surface area is 83.7 Å². The van der Waals surface area contributed by atoms with Gasteiger partial charge in [0.15, 0.2) is 0 Å². The van der Waals surface area contributed by atoms with Gasteiger partial charge in [-0.25, -0.2) is 0 Å². The molecule has 1 rings (SSSR count). The van der Waals surface area contributed by atoms with Crippen LogP contribution in [0.4, 0.5) is 0 Å². The molecular weight excluding hydrogens is 182 g/mol.